The lowest BCUT2D eigenvalue weighted by Crippen LogP contribution is -2.37. The van der Waals surface area contributed by atoms with E-state index in [4.69, 9.17) is 11.6 Å². The molecular weight excluding hydrogens is 455 g/mol. The molecular formula is C22H22ClFN4O3S. The van der Waals surface area contributed by atoms with E-state index in [2.05, 4.69) is 5.10 Å². The molecule has 1 aliphatic rings. The first-order valence-corrected chi connectivity index (χ1v) is 12.0. The first-order valence-electron chi connectivity index (χ1n) is 10.1. The third-order valence-corrected chi connectivity index (χ3v) is 7.67. The van der Waals surface area contributed by atoms with Crippen LogP contribution in [0.2, 0.25) is 5.15 Å². The lowest BCUT2D eigenvalue weighted by atomic mass is 10.2. The fraction of sp³-hybridized carbons (Fsp3) is 0.273. The highest BCUT2D eigenvalue weighted by molar-refractivity contribution is 7.89. The number of hydrogen-bond acceptors (Lipinski definition) is 4. The fourth-order valence-electron chi connectivity index (χ4n) is 3.73. The van der Waals surface area contributed by atoms with Crippen molar-refractivity contribution in [2.75, 3.05) is 26.2 Å². The summed E-state index contributed by atoms with van der Waals surface area (Å²) in [4.78, 5) is 14.9. The Morgan fingerprint density at radius 3 is 2.38 bits per heavy atom. The largest absolute Gasteiger partial charge is 0.337 e. The second-order valence-electron chi connectivity index (χ2n) is 7.50. The number of aromatic nitrogens is 2. The average molecular weight is 477 g/mol. The Morgan fingerprint density at radius 1 is 1.00 bits per heavy atom. The summed E-state index contributed by atoms with van der Waals surface area (Å²) in [6.07, 6.45) is 0.468. The van der Waals surface area contributed by atoms with Gasteiger partial charge >= 0.3 is 0 Å². The van der Waals surface area contributed by atoms with Gasteiger partial charge in [0.1, 0.15) is 11.0 Å². The van der Waals surface area contributed by atoms with Crippen molar-refractivity contribution in [3.05, 3.63) is 76.8 Å². The molecule has 32 heavy (non-hydrogen) atoms. The second-order valence-corrected chi connectivity index (χ2v) is 9.80. The van der Waals surface area contributed by atoms with Crippen molar-refractivity contribution in [2.24, 2.45) is 0 Å². The van der Waals surface area contributed by atoms with E-state index in [0.29, 0.717) is 24.2 Å². The first kappa shape index (κ1) is 22.4. The molecule has 3 aromatic rings. The highest BCUT2D eigenvalue weighted by Crippen LogP contribution is 2.26. The van der Waals surface area contributed by atoms with Crippen molar-refractivity contribution in [3.63, 3.8) is 0 Å². The lowest BCUT2D eigenvalue weighted by molar-refractivity contribution is 0.0763. The summed E-state index contributed by atoms with van der Waals surface area (Å²) < 4.78 is 41.9. The van der Waals surface area contributed by atoms with Gasteiger partial charge in [-0.1, -0.05) is 29.8 Å². The molecule has 1 saturated heterocycles. The van der Waals surface area contributed by atoms with E-state index in [0.717, 1.165) is 17.8 Å². The molecule has 0 radical (unpaired) electrons. The summed E-state index contributed by atoms with van der Waals surface area (Å²) in [5, 5.41) is 4.64. The van der Waals surface area contributed by atoms with Gasteiger partial charge in [0.25, 0.3) is 5.91 Å². The molecule has 4 rings (SSSR count). The van der Waals surface area contributed by atoms with Crippen LogP contribution in [0.4, 0.5) is 4.39 Å². The van der Waals surface area contributed by atoms with Crippen LogP contribution < -0.4 is 0 Å². The van der Waals surface area contributed by atoms with Gasteiger partial charge < -0.3 is 4.90 Å². The summed E-state index contributed by atoms with van der Waals surface area (Å²) >= 11 is 6.53. The van der Waals surface area contributed by atoms with Crippen molar-refractivity contribution in [3.8, 4) is 5.69 Å². The Morgan fingerprint density at radius 2 is 1.69 bits per heavy atom. The van der Waals surface area contributed by atoms with Gasteiger partial charge in [0, 0.05) is 26.2 Å². The molecule has 2 aromatic carbocycles. The predicted molar refractivity (Wildman–Crippen MR) is 119 cm³/mol. The zero-order valence-corrected chi connectivity index (χ0v) is 19.0. The number of halogens is 2. The van der Waals surface area contributed by atoms with Crippen LogP contribution in [0.3, 0.4) is 0 Å². The van der Waals surface area contributed by atoms with E-state index in [-0.39, 0.29) is 35.6 Å². The maximum atomic E-state index is 13.3. The Kier molecular flexibility index (Phi) is 6.32. The molecule has 7 nitrogen and oxygen atoms in total. The van der Waals surface area contributed by atoms with Gasteiger partial charge in [0.15, 0.2) is 0 Å². The third-order valence-electron chi connectivity index (χ3n) is 5.41. The molecule has 0 spiro atoms. The predicted octanol–water partition coefficient (Wildman–Crippen LogP) is 3.51. The van der Waals surface area contributed by atoms with Gasteiger partial charge in [-0.05, 0) is 49.7 Å². The molecule has 0 bridgehead atoms. The maximum absolute atomic E-state index is 13.3. The maximum Gasteiger partial charge on any atom is 0.258 e. The number of sulfonamides is 1. The highest BCUT2D eigenvalue weighted by Gasteiger charge is 2.31. The minimum atomic E-state index is -3.78. The Labute approximate surface area is 191 Å². The Bertz CT molecular complexity index is 1230. The van der Waals surface area contributed by atoms with E-state index in [1.54, 1.807) is 11.8 Å². The Balaban J connectivity index is 1.54. The van der Waals surface area contributed by atoms with Crippen LogP contribution in [-0.4, -0.2) is 59.5 Å². The summed E-state index contributed by atoms with van der Waals surface area (Å²) in [6.45, 7) is 2.72. The number of nitrogens with zero attached hydrogens (tertiary/aromatic N) is 4. The number of carbonyl (C=O) groups is 1. The summed E-state index contributed by atoms with van der Waals surface area (Å²) in [5.41, 5.74) is 1.56. The molecule has 0 unspecified atom stereocenters. The molecule has 10 heteroatoms. The van der Waals surface area contributed by atoms with Crippen molar-refractivity contribution >= 4 is 27.5 Å². The second kappa shape index (κ2) is 9.01. The number of aryl methyl sites for hydroxylation is 1. The van der Waals surface area contributed by atoms with E-state index in [9.17, 15) is 17.6 Å². The van der Waals surface area contributed by atoms with Crippen LogP contribution in [-0.2, 0) is 10.0 Å². The zero-order valence-electron chi connectivity index (χ0n) is 17.4. The molecule has 0 saturated carbocycles. The van der Waals surface area contributed by atoms with Crippen LogP contribution in [0.1, 0.15) is 22.5 Å². The van der Waals surface area contributed by atoms with Crippen LogP contribution >= 0.6 is 11.6 Å². The normalized spacial score (nSPS) is 15.5. The number of amides is 1. The van der Waals surface area contributed by atoms with Gasteiger partial charge in [-0.15, -0.1) is 0 Å². The molecule has 1 aromatic heterocycles. The van der Waals surface area contributed by atoms with Crippen molar-refractivity contribution in [1.29, 1.82) is 0 Å². The minimum Gasteiger partial charge on any atom is -0.337 e. The quantitative estimate of drug-likeness (QED) is 0.577. The number of hydrogen-bond donors (Lipinski definition) is 0. The molecule has 0 aliphatic carbocycles. The van der Waals surface area contributed by atoms with Crippen LogP contribution in [0.15, 0.2) is 59.5 Å². The lowest BCUT2D eigenvalue weighted by Gasteiger charge is -2.22. The third kappa shape index (κ3) is 4.28. The summed E-state index contributed by atoms with van der Waals surface area (Å²) in [7, 11) is -3.78. The van der Waals surface area contributed by atoms with Crippen molar-refractivity contribution < 1.29 is 17.6 Å². The SMILES string of the molecule is Cc1nn(-c2ccccc2)c(Cl)c1C(=O)N1CCCN(S(=O)(=O)c2ccc(F)cc2)CC1. The van der Waals surface area contributed by atoms with Gasteiger partial charge in [-0.3, -0.25) is 4.79 Å². The van der Waals surface area contributed by atoms with E-state index in [1.165, 1.54) is 21.1 Å². The molecule has 1 amide bonds. The fourth-order valence-corrected chi connectivity index (χ4v) is 5.56. The topological polar surface area (TPSA) is 75.5 Å². The number of benzene rings is 2. The van der Waals surface area contributed by atoms with Crippen molar-refractivity contribution in [1.82, 2.24) is 19.0 Å². The first-order chi connectivity index (χ1) is 15.3. The number of para-hydroxylation sites is 1. The van der Waals surface area contributed by atoms with Gasteiger partial charge in [0.2, 0.25) is 10.0 Å². The van der Waals surface area contributed by atoms with E-state index in [1.807, 2.05) is 30.3 Å². The summed E-state index contributed by atoms with van der Waals surface area (Å²) in [5.74, 6) is -0.782. The smallest absolute Gasteiger partial charge is 0.258 e. The molecule has 0 atom stereocenters. The minimum absolute atomic E-state index is 0.0294. The van der Waals surface area contributed by atoms with Crippen LogP contribution in [0.5, 0.6) is 0 Å². The highest BCUT2D eigenvalue weighted by atomic mass is 35.5. The van der Waals surface area contributed by atoms with E-state index < -0.39 is 15.8 Å². The number of rotatable bonds is 4. The van der Waals surface area contributed by atoms with Crippen molar-refractivity contribution in [2.45, 2.75) is 18.2 Å². The Hall–Kier alpha value is -2.75. The average Bonchev–Trinajstić information content (AvgIpc) is 2.95. The summed E-state index contributed by atoms with van der Waals surface area (Å²) in [6, 6.07) is 14.0. The van der Waals surface area contributed by atoms with Gasteiger partial charge in [-0.2, -0.15) is 9.40 Å². The molecule has 0 N–H and O–H groups in total. The monoisotopic (exact) mass is 476 g/mol. The molecule has 1 fully saturated rings. The van der Waals surface area contributed by atoms with Gasteiger partial charge in [0.05, 0.1) is 21.8 Å². The molecule has 2 heterocycles. The van der Waals surface area contributed by atoms with Crippen LogP contribution in [0.25, 0.3) is 5.69 Å². The molecule has 1 aliphatic heterocycles. The van der Waals surface area contributed by atoms with Gasteiger partial charge in [-0.25, -0.2) is 17.5 Å². The molecule has 168 valence electrons. The zero-order chi connectivity index (χ0) is 22.9. The van der Waals surface area contributed by atoms with E-state index >= 15 is 0 Å². The standard InChI is InChI=1S/C22H22ClFN4O3S/c1-16-20(21(23)28(25-16)18-6-3-2-4-7-18)22(29)26-12-5-13-27(15-14-26)32(30,31)19-10-8-17(24)9-11-19/h2-4,6-11H,5,12-15H2,1H3. The number of carbonyl (C=O) groups excluding carboxylic acids is 1. The van der Waals surface area contributed by atoms with Crippen LogP contribution in [0, 0.1) is 12.7 Å².